The summed E-state index contributed by atoms with van der Waals surface area (Å²) >= 11 is 8.90. The quantitative estimate of drug-likeness (QED) is 0.268. The SMILES string of the molecule is COc1ccc(C)cc1NC(=O)CSc1nc2sc3c(c2c(=O)n1-c1ccc(Cl)cc1)CCC3. The number of rotatable bonds is 6. The highest BCUT2D eigenvalue weighted by atomic mass is 35.5. The first-order valence-electron chi connectivity index (χ1n) is 10.8. The van der Waals surface area contributed by atoms with Crippen LogP contribution in [0.1, 0.15) is 22.4 Å². The van der Waals surface area contributed by atoms with Crippen LogP contribution in [0.25, 0.3) is 15.9 Å². The first-order valence-corrected chi connectivity index (χ1v) is 13.0. The van der Waals surface area contributed by atoms with Crippen LogP contribution in [-0.2, 0) is 17.6 Å². The molecule has 4 aromatic rings. The van der Waals surface area contributed by atoms with Crippen molar-refractivity contribution in [3.8, 4) is 11.4 Å². The van der Waals surface area contributed by atoms with Gasteiger partial charge in [-0.1, -0.05) is 29.4 Å². The molecule has 0 saturated heterocycles. The second kappa shape index (κ2) is 9.44. The van der Waals surface area contributed by atoms with Crippen molar-refractivity contribution in [1.82, 2.24) is 9.55 Å². The summed E-state index contributed by atoms with van der Waals surface area (Å²) in [5.41, 5.74) is 3.32. The van der Waals surface area contributed by atoms with Gasteiger partial charge >= 0.3 is 0 Å². The Balaban J connectivity index is 1.49. The molecule has 0 atom stereocenters. The summed E-state index contributed by atoms with van der Waals surface area (Å²) in [5.74, 6) is 0.475. The average Bonchev–Trinajstić information content (AvgIpc) is 3.40. The van der Waals surface area contributed by atoms with E-state index >= 15 is 0 Å². The molecule has 0 saturated carbocycles. The maximum Gasteiger partial charge on any atom is 0.267 e. The largest absolute Gasteiger partial charge is 0.495 e. The normalized spacial score (nSPS) is 12.7. The Bertz CT molecular complexity index is 1460. The number of carbonyl (C=O) groups is 1. The van der Waals surface area contributed by atoms with Crippen molar-refractivity contribution in [2.45, 2.75) is 31.3 Å². The molecule has 2 aromatic heterocycles. The zero-order valence-corrected chi connectivity index (χ0v) is 21.1. The number of carbonyl (C=O) groups excluding carboxylic acids is 1. The number of nitrogens with one attached hydrogen (secondary N) is 1. The maximum atomic E-state index is 13.7. The number of hydrogen-bond donors (Lipinski definition) is 1. The van der Waals surface area contributed by atoms with Gasteiger partial charge in [-0.25, -0.2) is 4.98 Å². The van der Waals surface area contributed by atoms with Crippen LogP contribution >= 0.6 is 34.7 Å². The van der Waals surface area contributed by atoms with Gasteiger partial charge in [-0.3, -0.25) is 14.2 Å². The van der Waals surface area contributed by atoms with Crippen molar-refractivity contribution in [1.29, 1.82) is 0 Å². The van der Waals surface area contributed by atoms with E-state index in [2.05, 4.69) is 5.32 Å². The van der Waals surface area contributed by atoms with Gasteiger partial charge in [0.05, 0.1) is 29.6 Å². The summed E-state index contributed by atoms with van der Waals surface area (Å²) in [5, 5.41) is 4.67. The van der Waals surface area contributed by atoms with E-state index in [-0.39, 0.29) is 17.2 Å². The molecule has 2 aromatic carbocycles. The van der Waals surface area contributed by atoms with Crippen LogP contribution in [0.2, 0.25) is 5.02 Å². The van der Waals surface area contributed by atoms with Gasteiger partial charge in [0.2, 0.25) is 5.91 Å². The molecule has 6 nitrogen and oxygen atoms in total. The highest BCUT2D eigenvalue weighted by molar-refractivity contribution is 7.99. The first kappa shape index (κ1) is 23.0. The van der Waals surface area contributed by atoms with Gasteiger partial charge in [0, 0.05) is 9.90 Å². The monoisotopic (exact) mass is 511 g/mol. The molecular weight excluding hydrogens is 490 g/mol. The third kappa shape index (κ3) is 4.33. The van der Waals surface area contributed by atoms with Gasteiger partial charge < -0.3 is 10.1 Å². The van der Waals surface area contributed by atoms with Crippen molar-refractivity contribution in [2.24, 2.45) is 0 Å². The van der Waals surface area contributed by atoms with E-state index in [0.717, 1.165) is 35.2 Å². The van der Waals surface area contributed by atoms with Crippen LogP contribution in [-0.4, -0.2) is 28.3 Å². The minimum Gasteiger partial charge on any atom is -0.495 e. The van der Waals surface area contributed by atoms with Crippen LogP contribution in [0.5, 0.6) is 5.75 Å². The zero-order chi connectivity index (χ0) is 23.8. The molecule has 0 fully saturated rings. The molecule has 0 unspecified atom stereocenters. The number of fused-ring (bicyclic) bond motifs is 3. The molecule has 5 rings (SSSR count). The van der Waals surface area contributed by atoms with Crippen LogP contribution < -0.4 is 15.6 Å². The Morgan fingerprint density at radius 1 is 1.24 bits per heavy atom. The van der Waals surface area contributed by atoms with E-state index in [4.69, 9.17) is 21.3 Å². The predicted octanol–water partition coefficient (Wildman–Crippen LogP) is 5.64. The second-order valence-corrected chi connectivity index (χ2v) is 10.6. The Labute approximate surface area is 209 Å². The summed E-state index contributed by atoms with van der Waals surface area (Å²) in [7, 11) is 1.57. The summed E-state index contributed by atoms with van der Waals surface area (Å²) in [6.07, 6.45) is 2.95. The Kier molecular flexibility index (Phi) is 6.38. The molecule has 1 aliphatic carbocycles. The Morgan fingerprint density at radius 2 is 2.03 bits per heavy atom. The zero-order valence-electron chi connectivity index (χ0n) is 18.7. The number of ether oxygens (including phenoxy) is 1. The van der Waals surface area contributed by atoms with Crippen LogP contribution in [0.15, 0.2) is 52.4 Å². The van der Waals surface area contributed by atoms with Crippen LogP contribution in [0.4, 0.5) is 5.69 Å². The second-order valence-electron chi connectivity index (χ2n) is 8.09. The number of halogens is 1. The topological polar surface area (TPSA) is 73.2 Å². The van der Waals surface area contributed by atoms with Crippen molar-refractivity contribution >= 4 is 56.5 Å². The number of thioether (sulfide) groups is 1. The van der Waals surface area contributed by atoms with E-state index < -0.39 is 0 Å². The first-order chi connectivity index (χ1) is 16.4. The summed E-state index contributed by atoms with van der Waals surface area (Å²) < 4.78 is 6.95. The molecule has 1 aliphatic rings. The highest BCUT2D eigenvalue weighted by Crippen LogP contribution is 2.36. The Morgan fingerprint density at radius 3 is 2.79 bits per heavy atom. The standard InChI is InChI=1S/C25H22ClN3O3S2/c1-14-6-11-19(32-2)18(12-14)27-21(30)13-33-25-28-23-22(17-4-3-5-20(17)34-23)24(31)29(25)16-9-7-15(26)8-10-16/h6-12H,3-5,13H2,1-2H3,(H,27,30). The molecule has 0 radical (unpaired) electrons. The molecule has 0 bridgehead atoms. The van der Waals surface area contributed by atoms with Gasteiger partial charge in [0.25, 0.3) is 5.56 Å². The van der Waals surface area contributed by atoms with Crippen molar-refractivity contribution < 1.29 is 9.53 Å². The van der Waals surface area contributed by atoms with Crippen LogP contribution in [0, 0.1) is 6.92 Å². The van der Waals surface area contributed by atoms with Crippen LogP contribution in [0.3, 0.4) is 0 Å². The lowest BCUT2D eigenvalue weighted by Crippen LogP contribution is -2.23. The lowest BCUT2D eigenvalue weighted by molar-refractivity contribution is -0.113. The Hall–Kier alpha value is -2.81. The minimum absolute atomic E-state index is 0.0910. The number of anilines is 1. The van der Waals surface area contributed by atoms with Gasteiger partial charge in [-0.05, 0) is 73.7 Å². The minimum atomic E-state index is -0.209. The fraction of sp³-hybridized carbons (Fsp3) is 0.240. The third-order valence-corrected chi connectivity index (χ3v) is 8.13. The number of aryl methyl sites for hydroxylation is 3. The van der Waals surface area contributed by atoms with Crippen molar-refractivity contribution in [3.05, 3.63) is 73.8 Å². The van der Waals surface area contributed by atoms with Crippen molar-refractivity contribution in [2.75, 3.05) is 18.2 Å². The maximum absolute atomic E-state index is 13.7. The van der Waals surface area contributed by atoms with E-state index in [1.54, 1.807) is 47.3 Å². The lowest BCUT2D eigenvalue weighted by Gasteiger charge is -2.13. The lowest BCUT2D eigenvalue weighted by atomic mass is 10.2. The molecular formula is C25H22ClN3O3S2. The van der Waals surface area contributed by atoms with Gasteiger partial charge in [0.1, 0.15) is 10.6 Å². The highest BCUT2D eigenvalue weighted by Gasteiger charge is 2.24. The number of benzene rings is 2. The molecule has 1 N–H and O–H groups in total. The third-order valence-electron chi connectivity index (χ3n) is 5.75. The van der Waals surface area contributed by atoms with Gasteiger partial charge in [0.15, 0.2) is 5.16 Å². The van der Waals surface area contributed by atoms with E-state index in [1.165, 1.54) is 16.6 Å². The predicted molar refractivity (Wildman–Crippen MR) is 139 cm³/mol. The number of methoxy groups -OCH3 is 1. The summed E-state index contributed by atoms with van der Waals surface area (Å²) in [4.78, 5) is 33.3. The van der Waals surface area contributed by atoms with E-state index in [1.807, 2.05) is 25.1 Å². The molecule has 0 spiro atoms. The number of aromatic nitrogens is 2. The molecule has 0 aliphatic heterocycles. The number of hydrogen-bond acceptors (Lipinski definition) is 6. The van der Waals surface area contributed by atoms with E-state index in [9.17, 15) is 9.59 Å². The van der Waals surface area contributed by atoms with Gasteiger partial charge in [-0.15, -0.1) is 11.3 Å². The van der Waals surface area contributed by atoms with E-state index in [0.29, 0.717) is 32.7 Å². The fourth-order valence-corrected chi connectivity index (χ4v) is 6.42. The number of nitrogens with zero attached hydrogens (tertiary/aromatic N) is 2. The summed E-state index contributed by atoms with van der Waals surface area (Å²) in [6.45, 7) is 1.95. The number of thiophene rings is 1. The van der Waals surface area contributed by atoms with Crippen molar-refractivity contribution in [3.63, 3.8) is 0 Å². The molecule has 2 heterocycles. The molecule has 34 heavy (non-hydrogen) atoms. The fourth-order valence-electron chi connectivity index (χ4n) is 4.18. The van der Waals surface area contributed by atoms with Gasteiger partial charge in [-0.2, -0.15) is 0 Å². The molecule has 174 valence electrons. The average molecular weight is 512 g/mol. The summed E-state index contributed by atoms with van der Waals surface area (Å²) in [6, 6.07) is 12.7. The molecule has 9 heteroatoms. The molecule has 1 amide bonds. The number of amides is 1. The smallest absolute Gasteiger partial charge is 0.267 e.